The number of para-hydroxylation sites is 1. The van der Waals surface area contributed by atoms with E-state index < -0.39 is 0 Å². The van der Waals surface area contributed by atoms with E-state index in [-0.39, 0.29) is 19.0 Å². The first-order chi connectivity index (χ1) is 10.3. The van der Waals surface area contributed by atoms with Crippen LogP contribution in [-0.4, -0.2) is 19.2 Å². The summed E-state index contributed by atoms with van der Waals surface area (Å²) in [5, 5.41) is 0. The molecule has 0 fully saturated rings. The second-order valence-corrected chi connectivity index (χ2v) is 4.53. The van der Waals surface area contributed by atoms with Crippen molar-refractivity contribution < 1.29 is 14.3 Å². The highest BCUT2D eigenvalue weighted by molar-refractivity contribution is 5.73. The Bertz CT molecular complexity index is 569. The number of rotatable bonds is 7. The van der Waals surface area contributed by atoms with Gasteiger partial charge in [0.15, 0.2) is 0 Å². The fraction of sp³-hybridized carbons (Fsp3) is 0.235. The number of hydrogen-bond donors (Lipinski definition) is 1. The number of carbonyl (C=O) groups is 1. The first kappa shape index (κ1) is 15.1. The van der Waals surface area contributed by atoms with Gasteiger partial charge in [0.05, 0.1) is 6.42 Å². The zero-order valence-corrected chi connectivity index (χ0v) is 11.8. The summed E-state index contributed by atoms with van der Waals surface area (Å²) in [6.45, 7) is 0.993. The molecule has 2 aromatic carbocycles. The molecule has 0 spiro atoms. The summed E-state index contributed by atoms with van der Waals surface area (Å²) in [5.74, 6) is 0.495. The number of benzene rings is 2. The predicted octanol–water partition coefficient (Wildman–Crippen LogP) is 2.31. The third-order valence-corrected chi connectivity index (χ3v) is 3.03. The zero-order chi connectivity index (χ0) is 14.9. The van der Waals surface area contributed by atoms with Gasteiger partial charge in [0.1, 0.15) is 19.0 Å². The number of nitrogens with two attached hydrogens (primary N) is 1. The second-order valence-electron chi connectivity index (χ2n) is 4.53. The van der Waals surface area contributed by atoms with Crippen molar-refractivity contribution in [3.63, 3.8) is 0 Å². The maximum Gasteiger partial charge on any atom is 0.310 e. The number of esters is 1. The summed E-state index contributed by atoms with van der Waals surface area (Å²) in [6.07, 6.45) is 0.235. The lowest BCUT2D eigenvalue weighted by Crippen LogP contribution is -2.15. The fourth-order valence-corrected chi connectivity index (χ4v) is 1.97. The SMILES string of the molecule is NCc1ccccc1CC(=O)OCCOc1ccccc1. The van der Waals surface area contributed by atoms with Gasteiger partial charge < -0.3 is 15.2 Å². The van der Waals surface area contributed by atoms with E-state index in [0.29, 0.717) is 13.2 Å². The van der Waals surface area contributed by atoms with E-state index in [9.17, 15) is 4.79 Å². The molecule has 2 rings (SSSR count). The van der Waals surface area contributed by atoms with Crippen LogP contribution in [0.4, 0.5) is 0 Å². The summed E-state index contributed by atoms with van der Waals surface area (Å²) >= 11 is 0. The summed E-state index contributed by atoms with van der Waals surface area (Å²) < 4.78 is 10.6. The molecule has 0 aliphatic rings. The molecule has 0 aromatic heterocycles. The third-order valence-electron chi connectivity index (χ3n) is 3.03. The van der Waals surface area contributed by atoms with E-state index in [0.717, 1.165) is 16.9 Å². The van der Waals surface area contributed by atoms with Crippen molar-refractivity contribution in [1.82, 2.24) is 0 Å². The van der Waals surface area contributed by atoms with E-state index in [4.69, 9.17) is 15.2 Å². The van der Waals surface area contributed by atoms with Crippen LogP contribution in [-0.2, 0) is 22.5 Å². The standard InChI is InChI=1S/C17H19NO3/c18-13-15-7-5-4-6-14(15)12-17(19)21-11-10-20-16-8-2-1-3-9-16/h1-9H,10-13,18H2. The van der Waals surface area contributed by atoms with E-state index in [1.54, 1.807) is 0 Å². The molecule has 0 bridgehead atoms. The maximum absolute atomic E-state index is 11.8. The Hall–Kier alpha value is -2.33. The molecule has 0 amide bonds. The minimum Gasteiger partial charge on any atom is -0.490 e. The molecule has 0 atom stereocenters. The Kier molecular flexibility index (Phi) is 5.79. The summed E-state index contributed by atoms with van der Waals surface area (Å²) in [5.41, 5.74) is 7.52. The molecule has 4 nitrogen and oxygen atoms in total. The second kappa shape index (κ2) is 8.07. The van der Waals surface area contributed by atoms with Gasteiger partial charge in [-0.1, -0.05) is 42.5 Å². The lowest BCUT2D eigenvalue weighted by Gasteiger charge is -2.09. The van der Waals surface area contributed by atoms with Crippen LogP contribution in [0, 0.1) is 0 Å². The van der Waals surface area contributed by atoms with Crippen molar-refractivity contribution >= 4 is 5.97 Å². The van der Waals surface area contributed by atoms with E-state index in [2.05, 4.69) is 0 Å². The van der Waals surface area contributed by atoms with Crippen LogP contribution >= 0.6 is 0 Å². The minimum absolute atomic E-state index is 0.235. The number of ether oxygens (including phenoxy) is 2. The van der Waals surface area contributed by atoms with Gasteiger partial charge in [-0.15, -0.1) is 0 Å². The molecule has 21 heavy (non-hydrogen) atoms. The van der Waals surface area contributed by atoms with Gasteiger partial charge in [-0.25, -0.2) is 0 Å². The van der Waals surface area contributed by atoms with Gasteiger partial charge in [-0.3, -0.25) is 4.79 Å². The van der Waals surface area contributed by atoms with Crippen LogP contribution in [0.3, 0.4) is 0 Å². The van der Waals surface area contributed by atoms with Crippen molar-refractivity contribution in [1.29, 1.82) is 0 Å². The maximum atomic E-state index is 11.8. The number of hydrogen-bond acceptors (Lipinski definition) is 4. The van der Waals surface area contributed by atoms with Gasteiger partial charge >= 0.3 is 5.97 Å². The van der Waals surface area contributed by atoms with Crippen LogP contribution in [0.1, 0.15) is 11.1 Å². The first-order valence-corrected chi connectivity index (χ1v) is 6.90. The molecule has 4 heteroatoms. The molecule has 0 heterocycles. The predicted molar refractivity (Wildman–Crippen MR) is 80.9 cm³/mol. The molecule has 0 aliphatic carbocycles. The van der Waals surface area contributed by atoms with Crippen LogP contribution in [0.25, 0.3) is 0 Å². The van der Waals surface area contributed by atoms with Crippen molar-refractivity contribution in [3.8, 4) is 5.75 Å². The largest absolute Gasteiger partial charge is 0.490 e. The van der Waals surface area contributed by atoms with Crippen molar-refractivity contribution in [2.24, 2.45) is 5.73 Å². The van der Waals surface area contributed by atoms with Crippen LogP contribution < -0.4 is 10.5 Å². The quantitative estimate of drug-likeness (QED) is 0.626. The van der Waals surface area contributed by atoms with E-state index in [1.165, 1.54) is 0 Å². The van der Waals surface area contributed by atoms with Crippen molar-refractivity contribution in [2.45, 2.75) is 13.0 Å². The monoisotopic (exact) mass is 285 g/mol. The molecule has 0 saturated heterocycles. The molecule has 0 radical (unpaired) electrons. The van der Waals surface area contributed by atoms with Crippen LogP contribution in [0.15, 0.2) is 54.6 Å². The molecule has 2 aromatic rings. The molecule has 0 unspecified atom stereocenters. The van der Waals surface area contributed by atoms with Crippen LogP contribution in [0.2, 0.25) is 0 Å². The molecule has 110 valence electrons. The Balaban J connectivity index is 1.72. The Morgan fingerprint density at radius 1 is 0.905 bits per heavy atom. The average molecular weight is 285 g/mol. The van der Waals surface area contributed by atoms with E-state index >= 15 is 0 Å². The van der Waals surface area contributed by atoms with Crippen LogP contribution in [0.5, 0.6) is 5.75 Å². The fourth-order valence-electron chi connectivity index (χ4n) is 1.97. The molecule has 2 N–H and O–H groups in total. The lowest BCUT2D eigenvalue weighted by molar-refractivity contribution is -0.143. The Morgan fingerprint density at radius 3 is 2.29 bits per heavy atom. The highest BCUT2D eigenvalue weighted by atomic mass is 16.6. The van der Waals surface area contributed by atoms with E-state index in [1.807, 2.05) is 54.6 Å². The number of carbonyl (C=O) groups excluding carboxylic acids is 1. The minimum atomic E-state index is -0.271. The normalized spacial score (nSPS) is 10.1. The molecule has 0 aliphatic heterocycles. The summed E-state index contributed by atoms with van der Waals surface area (Å²) in [7, 11) is 0. The zero-order valence-electron chi connectivity index (χ0n) is 11.8. The highest BCUT2D eigenvalue weighted by Crippen LogP contribution is 2.10. The lowest BCUT2D eigenvalue weighted by atomic mass is 10.1. The summed E-state index contributed by atoms with van der Waals surface area (Å²) in [6, 6.07) is 17.0. The Morgan fingerprint density at radius 2 is 1.57 bits per heavy atom. The highest BCUT2D eigenvalue weighted by Gasteiger charge is 2.08. The molecular formula is C17H19NO3. The van der Waals surface area contributed by atoms with Crippen molar-refractivity contribution in [3.05, 3.63) is 65.7 Å². The van der Waals surface area contributed by atoms with Crippen molar-refractivity contribution in [2.75, 3.05) is 13.2 Å². The van der Waals surface area contributed by atoms with Gasteiger partial charge in [-0.2, -0.15) is 0 Å². The third kappa shape index (κ3) is 4.93. The summed E-state index contributed by atoms with van der Waals surface area (Å²) in [4.78, 5) is 11.8. The smallest absolute Gasteiger partial charge is 0.310 e. The molecule has 0 saturated carbocycles. The van der Waals surface area contributed by atoms with Gasteiger partial charge in [0.25, 0.3) is 0 Å². The van der Waals surface area contributed by atoms with Gasteiger partial charge in [0.2, 0.25) is 0 Å². The van der Waals surface area contributed by atoms with Gasteiger partial charge in [0, 0.05) is 6.54 Å². The topological polar surface area (TPSA) is 61.6 Å². The molecular weight excluding hydrogens is 266 g/mol. The average Bonchev–Trinajstić information content (AvgIpc) is 2.53. The Labute approximate surface area is 124 Å². The van der Waals surface area contributed by atoms with Gasteiger partial charge in [-0.05, 0) is 23.3 Å². The first-order valence-electron chi connectivity index (χ1n) is 6.90.